The summed E-state index contributed by atoms with van der Waals surface area (Å²) in [6, 6.07) is 0. The molecule has 0 radical (unpaired) electrons. The Bertz CT molecular complexity index is 207. The minimum absolute atomic E-state index is 0.348. The number of hydrogen-bond acceptors (Lipinski definition) is 2. The molecule has 1 heterocycles. The van der Waals surface area contributed by atoms with E-state index in [0.717, 1.165) is 17.8 Å². The highest BCUT2D eigenvalue weighted by Crippen LogP contribution is 2.33. The van der Waals surface area contributed by atoms with Crippen LogP contribution in [0.15, 0.2) is 0 Å². The number of nitrogens with two attached hydrogens (primary N) is 1. The van der Waals surface area contributed by atoms with Gasteiger partial charge in [-0.05, 0) is 62.8 Å². The third-order valence-corrected chi connectivity index (χ3v) is 4.43. The average molecular weight is 224 g/mol. The predicted octanol–water partition coefficient (Wildman–Crippen LogP) is 2.83. The molecule has 2 nitrogen and oxygen atoms in total. The highest BCUT2D eigenvalue weighted by molar-refractivity contribution is 4.80. The Kier molecular flexibility index (Phi) is 4.26. The van der Waals surface area contributed by atoms with E-state index >= 15 is 0 Å². The first-order valence-corrected chi connectivity index (χ1v) is 7.14. The molecule has 2 N–H and O–H groups in total. The van der Waals surface area contributed by atoms with Gasteiger partial charge in [-0.2, -0.15) is 0 Å². The Morgan fingerprint density at radius 1 is 1.06 bits per heavy atom. The van der Waals surface area contributed by atoms with Gasteiger partial charge in [0.1, 0.15) is 0 Å². The SMILES string of the molecule is CC1CC(C)CC(CN2CCCCC2N)C1. The lowest BCUT2D eigenvalue weighted by Gasteiger charge is -2.39. The molecule has 2 aliphatic rings. The zero-order valence-electron chi connectivity index (χ0n) is 11.0. The van der Waals surface area contributed by atoms with E-state index in [9.17, 15) is 0 Å². The zero-order chi connectivity index (χ0) is 11.5. The number of nitrogens with zero attached hydrogens (tertiary/aromatic N) is 1. The summed E-state index contributed by atoms with van der Waals surface area (Å²) in [6.07, 6.45) is 8.52. The van der Waals surface area contributed by atoms with E-state index in [2.05, 4.69) is 18.7 Å². The van der Waals surface area contributed by atoms with E-state index in [4.69, 9.17) is 5.73 Å². The Hall–Kier alpha value is -0.0800. The molecule has 16 heavy (non-hydrogen) atoms. The van der Waals surface area contributed by atoms with E-state index in [0.29, 0.717) is 6.17 Å². The third kappa shape index (κ3) is 3.21. The zero-order valence-corrected chi connectivity index (χ0v) is 11.0. The van der Waals surface area contributed by atoms with Crippen LogP contribution in [0, 0.1) is 17.8 Å². The van der Waals surface area contributed by atoms with Crippen molar-refractivity contribution in [2.75, 3.05) is 13.1 Å². The first-order valence-electron chi connectivity index (χ1n) is 7.14. The molecule has 3 atom stereocenters. The van der Waals surface area contributed by atoms with Gasteiger partial charge in [-0.1, -0.05) is 13.8 Å². The van der Waals surface area contributed by atoms with Crippen molar-refractivity contribution in [3.63, 3.8) is 0 Å². The van der Waals surface area contributed by atoms with Gasteiger partial charge in [0.05, 0.1) is 6.17 Å². The summed E-state index contributed by atoms with van der Waals surface area (Å²) in [6.45, 7) is 7.33. The second-order valence-corrected chi connectivity index (χ2v) is 6.34. The van der Waals surface area contributed by atoms with E-state index in [1.54, 1.807) is 0 Å². The highest BCUT2D eigenvalue weighted by atomic mass is 15.2. The number of likely N-dealkylation sites (tertiary alicyclic amines) is 1. The summed E-state index contributed by atoms with van der Waals surface area (Å²) in [5.74, 6) is 2.76. The van der Waals surface area contributed by atoms with E-state index in [1.807, 2.05) is 0 Å². The van der Waals surface area contributed by atoms with E-state index in [-0.39, 0.29) is 0 Å². The molecule has 94 valence electrons. The van der Waals surface area contributed by atoms with Crippen LogP contribution < -0.4 is 5.73 Å². The lowest BCUT2D eigenvalue weighted by Crippen LogP contribution is -2.48. The molecule has 3 unspecified atom stereocenters. The lowest BCUT2D eigenvalue weighted by atomic mass is 9.76. The maximum Gasteiger partial charge on any atom is 0.0571 e. The maximum atomic E-state index is 6.19. The van der Waals surface area contributed by atoms with Crippen molar-refractivity contribution in [1.82, 2.24) is 4.90 Å². The van der Waals surface area contributed by atoms with E-state index in [1.165, 1.54) is 51.6 Å². The van der Waals surface area contributed by atoms with Gasteiger partial charge in [-0.25, -0.2) is 0 Å². The quantitative estimate of drug-likeness (QED) is 0.781. The van der Waals surface area contributed by atoms with Crippen molar-refractivity contribution in [2.45, 2.75) is 58.5 Å². The maximum absolute atomic E-state index is 6.19. The highest BCUT2D eigenvalue weighted by Gasteiger charge is 2.27. The summed E-state index contributed by atoms with van der Waals surface area (Å²) < 4.78 is 0. The summed E-state index contributed by atoms with van der Waals surface area (Å²) >= 11 is 0. The van der Waals surface area contributed by atoms with Crippen molar-refractivity contribution in [3.8, 4) is 0 Å². The number of rotatable bonds is 2. The summed E-state index contributed by atoms with van der Waals surface area (Å²) in [7, 11) is 0. The smallest absolute Gasteiger partial charge is 0.0571 e. The van der Waals surface area contributed by atoms with Gasteiger partial charge in [0.15, 0.2) is 0 Å². The Morgan fingerprint density at radius 2 is 1.75 bits per heavy atom. The molecule has 1 saturated carbocycles. The Morgan fingerprint density at radius 3 is 2.38 bits per heavy atom. The summed E-state index contributed by atoms with van der Waals surface area (Å²) in [5, 5.41) is 0. The number of hydrogen-bond donors (Lipinski definition) is 1. The molecule has 2 fully saturated rings. The first-order chi connectivity index (χ1) is 7.65. The molecule has 0 aromatic carbocycles. The van der Waals surface area contributed by atoms with Crippen molar-refractivity contribution in [3.05, 3.63) is 0 Å². The van der Waals surface area contributed by atoms with Crippen LogP contribution in [0.1, 0.15) is 52.4 Å². The van der Waals surface area contributed by atoms with Crippen LogP contribution in [-0.2, 0) is 0 Å². The van der Waals surface area contributed by atoms with Crippen LogP contribution in [0.4, 0.5) is 0 Å². The van der Waals surface area contributed by atoms with Gasteiger partial charge in [0.2, 0.25) is 0 Å². The van der Waals surface area contributed by atoms with Crippen molar-refractivity contribution < 1.29 is 0 Å². The fourth-order valence-electron chi connectivity index (χ4n) is 3.84. The topological polar surface area (TPSA) is 29.3 Å². The van der Waals surface area contributed by atoms with Gasteiger partial charge in [0, 0.05) is 6.54 Å². The largest absolute Gasteiger partial charge is 0.316 e. The van der Waals surface area contributed by atoms with Gasteiger partial charge in [-0.15, -0.1) is 0 Å². The van der Waals surface area contributed by atoms with Gasteiger partial charge in [0.25, 0.3) is 0 Å². The molecule has 2 heteroatoms. The first kappa shape index (κ1) is 12.4. The van der Waals surface area contributed by atoms with Crippen molar-refractivity contribution in [1.29, 1.82) is 0 Å². The molecule has 2 rings (SSSR count). The van der Waals surface area contributed by atoms with Gasteiger partial charge >= 0.3 is 0 Å². The molecule has 0 spiro atoms. The van der Waals surface area contributed by atoms with Gasteiger partial charge < -0.3 is 5.73 Å². The molecular weight excluding hydrogens is 196 g/mol. The van der Waals surface area contributed by atoms with Crippen LogP contribution in [0.2, 0.25) is 0 Å². The molecule has 0 aromatic rings. The molecule has 1 saturated heterocycles. The minimum atomic E-state index is 0.348. The Balaban J connectivity index is 1.83. The summed E-state index contributed by atoms with van der Waals surface area (Å²) in [4.78, 5) is 2.54. The molecular formula is C14H28N2. The lowest BCUT2D eigenvalue weighted by molar-refractivity contribution is 0.0961. The molecule has 0 amide bonds. The van der Waals surface area contributed by atoms with Crippen LogP contribution >= 0.6 is 0 Å². The standard InChI is InChI=1S/C14H28N2/c1-11-7-12(2)9-13(8-11)10-16-6-4-3-5-14(16)15/h11-14H,3-10,15H2,1-2H3. The predicted molar refractivity (Wildman–Crippen MR) is 69.1 cm³/mol. The van der Waals surface area contributed by atoms with Crippen molar-refractivity contribution >= 4 is 0 Å². The van der Waals surface area contributed by atoms with Crippen LogP contribution in [0.3, 0.4) is 0 Å². The second kappa shape index (κ2) is 5.50. The van der Waals surface area contributed by atoms with Crippen LogP contribution in [-0.4, -0.2) is 24.2 Å². The average Bonchev–Trinajstić information content (AvgIpc) is 2.20. The normalized spacial score (nSPS) is 42.2. The van der Waals surface area contributed by atoms with Crippen LogP contribution in [0.25, 0.3) is 0 Å². The fraction of sp³-hybridized carbons (Fsp3) is 1.00. The molecule has 0 bridgehead atoms. The van der Waals surface area contributed by atoms with Crippen LogP contribution in [0.5, 0.6) is 0 Å². The molecule has 1 aliphatic carbocycles. The molecule has 0 aromatic heterocycles. The van der Waals surface area contributed by atoms with E-state index < -0.39 is 0 Å². The fourth-order valence-corrected chi connectivity index (χ4v) is 3.84. The number of piperidine rings is 1. The second-order valence-electron chi connectivity index (χ2n) is 6.34. The third-order valence-electron chi connectivity index (χ3n) is 4.43. The summed E-state index contributed by atoms with van der Waals surface area (Å²) in [5.41, 5.74) is 6.19. The minimum Gasteiger partial charge on any atom is -0.316 e. The molecule has 1 aliphatic heterocycles. The van der Waals surface area contributed by atoms with Crippen molar-refractivity contribution in [2.24, 2.45) is 23.5 Å². The monoisotopic (exact) mass is 224 g/mol. The Labute approximate surface area is 101 Å². The van der Waals surface area contributed by atoms with Gasteiger partial charge in [-0.3, -0.25) is 4.90 Å².